The Kier molecular flexibility index (Phi) is 6.64. The first-order valence-electron chi connectivity index (χ1n) is 8.69. The van der Waals surface area contributed by atoms with Crippen molar-refractivity contribution in [1.29, 1.82) is 0 Å². The van der Waals surface area contributed by atoms with Gasteiger partial charge in [-0.1, -0.05) is 6.07 Å². The monoisotopic (exact) mass is 353 g/mol. The SMILES string of the molecule is COCCOc1cc(C2CCCN(C(=O)OC(C)(C)C)C2)ccc1F. The number of carbonyl (C=O) groups is 1. The van der Waals surface area contributed by atoms with Crippen LogP contribution in [0.5, 0.6) is 5.75 Å². The molecule has 1 fully saturated rings. The van der Waals surface area contributed by atoms with Crippen LogP contribution in [0.3, 0.4) is 0 Å². The number of carbonyl (C=O) groups excluding carboxylic acids is 1. The summed E-state index contributed by atoms with van der Waals surface area (Å²) in [7, 11) is 1.57. The molecule has 2 rings (SSSR count). The van der Waals surface area contributed by atoms with Crippen LogP contribution in [0.1, 0.15) is 45.1 Å². The molecule has 1 aliphatic heterocycles. The molecule has 1 aliphatic rings. The van der Waals surface area contributed by atoms with E-state index in [0.29, 0.717) is 26.3 Å². The van der Waals surface area contributed by atoms with Crippen molar-refractivity contribution in [3.05, 3.63) is 29.6 Å². The molecule has 1 unspecified atom stereocenters. The van der Waals surface area contributed by atoms with Crippen LogP contribution >= 0.6 is 0 Å². The maximum Gasteiger partial charge on any atom is 0.410 e. The van der Waals surface area contributed by atoms with Crippen molar-refractivity contribution in [1.82, 2.24) is 4.90 Å². The molecule has 1 heterocycles. The van der Waals surface area contributed by atoms with Crippen LogP contribution in [0.25, 0.3) is 0 Å². The Bertz CT molecular complexity index is 585. The van der Waals surface area contributed by atoms with E-state index in [0.717, 1.165) is 18.4 Å². The molecule has 0 bridgehead atoms. The zero-order valence-corrected chi connectivity index (χ0v) is 15.5. The summed E-state index contributed by atoms with van der Waals surface area (Å²) < 4.78 is 29.7. The molecule has 0 spiro atoms. The summed E-state index contributed by atoms with van der Waals surface area (Å²) in [5.41, 5.74) is 0.462. The van der Waals surface area contributed by atoms with Gasteiger partial charge in [-0.15, -0.1) is 0 Å². The predicted octanol–water partition coefficient (Wildman–Crippen LogP) is 3.97. The van der Waals surface area contributed by atoms with Gasteiger partial charge in [0.15, 0.2) is 11.6 Å². The third-order valence-electron chi connectivity index (χ3n) is 4.04. The van der Waals surface area contributed by atoms with Crippen molar-refractivity contribution in [3.8, 4) is 5.75 Å². The first-order valence-corrected chi connectivity index (χ1v) is 8.69. The van der Waals surface area contributed by atoms with E-state index in [-0.39, 0.29) is 23.6 Å². The molecule has 1 saturated heterocycles. The molecule has 1 aromatic carbocycles. The minimum atomic E-state index is -0.512. The van der Waals surface area contributed by atoms with Crippen molar-refractivity contribution < 1.29 is 23.4 Å². The molecule has 5 nitrogen and oxygen atoms in total. The van der Waals surface area contributed by atoms with Gasteiger partial charge in [-0.3, -0.25) is 0 Å². The Morgan fingerprint density at radius 1 is 1.32 bits per heavy atom. The largest absolute Gasteiger partial charge is 0.488 e. The van der Waals surface area contributed by atoms with E-state index < -0.39 is 5.60 Å². The van der Waals surface area contributed by atoms with Crippen molar-refractivity contribution in [2.45, 2.75) is 45.1 Å². The Hall–Kier alpha value is -1.82. The average Bonchev–Trinajstić information content (AvgIpc) is 2.55. The van der Waals surface area contributed by atoms with Gasteiger partial charge in [0.05, 0.1) is 6.61 Å². The van der Waals surface area contributed by atoms with E-state index in [4.69, 9.17) is 14.2 Å². The maximum absolute atomic E-state index is 13.9. The summed E-state index contributed by atoms with van der Waals surface area (Å²) in [6.45, 7) is 7.52. The van der Waals surface area contributed by atoms with Gasteiger partial charge in [0, 0.05) is 26.1 Å². The number of amides is 1. The lowest BCUT2D eigenvalue weighted by Crippen LogP contribution is -2.42. The third-order valence-corrected chi connectivity index (χ3v) is 4.04. The number of benzene rings is 1. The molecule has 0 aliphatic carbocycles. The zero-order chi connectivity index (χ0) is 18.4. The lowest BCUT2D eigenvalue weighted by atomic mass is 9.90. The number of hydrogen-bond donors (Lipinski definition) is 0. The molecule has 1 atom stereocenters. The van der Waals surface area contributed by atoms with Gasteiger partial charge in [0.25, 0.3) is 0 Å². The van der Waals surface area contributed by atoms with E-state index >= 15 is 0 Å². The second-order valence-corrected chi connectivity index (χ2v) is 7.30. The van der Waals surface area contributed by atoms with E-state index in [9.17, 15) is 9.18 Å². The molecule has 140 valence electrons. The quantitative estimate of drug-likeness (QED) is 0.752. The summed E-state index contributed by atoms with van der Waals surface area (Å²) in [5.74, 6) is -0.0183. The van der Waals surface area contributed by atoms with Gasteiger partial charge < -0.3 is 19.1 Å². The summed E-state index contributed by atoms with van der Waals surface area (Å²) in [6, 6.07) is 4.92. The maximum atomic E-state index is 13.9. The first kappa shape index (κ1) is 19.5. The Morgan fingerprint density at radius 3 is 2.76 bits per heavy atom. The number of rotatable bonds is 5. The fourth-order valence-corrected chi connectivity index (χ4v) is 2.86. The predicted molar refractivity (Wildman–Crippen MR) is 93.6 cm³/mol. The third kappa shape index (κ3) is 5.88. The van der Waals surface area contributed by atoms with Gasteiger partial charge in [-0.25, -0.2) is 9.18 Å². The molecule has 25 heavy (non-hydrogen) atoms. The van der Waals surface area contributed by atoms with Crippen molar-refractivity contribution >= 4 is 6.09 Å². The number of piperidine rings is 1. The van der Waals surface area contributed by atoms with E-state index in [2.05, 4.69) is 0 Å². The van der Waals surface area contributed by atoms with Gasteiger partial charge in [0.2, 0.25) is 0 Å². The topological polar surface area (TPSA) is 48.0 Å². The zero-order valence-electron chi connectivity index (χ0n) is 15.5. The highest BCUT2D eigenvalue weighted by Crippen LogP contribution is 2.31. The minimum Gasteiger partial charge on any atom is -0.488 e. The highest BCUT2D eigenvalue weighted by atomic mass is 19.1. The smallest absolute Gasteiger partial charge is 0.410 e. The summed E-state index contributed by atoms with van der Waals surface area (Å²) in [6.07, 6.45) is 1.54. The van der Waals surface area contributed by atoms with E-state index in [1.165, 1.54) is 6.07 Å². The summed E-state index contributed by atoms with van der Waals surface area (Å²) >= 11 is 0. The lowest BCUT2D eigenvalue weighted by Gasteiger charge is -2.34. The second-order valence-electron chi connectivity index (χ2n) is 7.30. The molecular formula is C19H28FNO4. The lowest BCUT2D eigenvalue weighted by molar-refractivity contribution is 0.0198. The highest BCUT2D eigenvalue weighted by Gasteiger charge is 2.28. The number of nitrogens with zero attached hydrogens (tertiary/aromatic N) is 1. The highest BCUT2D eigenvalue weighted by molar-refractivity contribution is 5.68. The number of hydrogen-bond acceptors (Lipinski definition) is 4. The molecular weight excluding hydrogens is 325 g/mol. The Morgan fingerprint density at radius 2 is 2.08 bits per heavy atom. The first-order chi connectivity index (χ1) is 11.8. The number of likely N-dealkylation sites (tertiary alicyclic amines) is 1. The van der Waals surface area contributed by atoms with Crippen molar-refractivity contribution in [3.63, 3.8) is 0 Å². The number of ether oxygens (including phenoxy) is 3. The normalized spacial score (nSPS) is 18.1. The second kappa shape index (κ2) is 8.52. The number of methoxy groups -OCH3 is 1. The fraction of sp³-hybridized carbons (Fsp3) is 0.632. The fourth-order valence-electron chi connectivity index (χ4n) is 2.86. The van der Waals surface area contributed by atoms with Crippen LogP contribution < -0.4 is 4.74 Å². The van der Waals surface area contributed by atoms with Crippen LogP contribution in [-0.4, -0.2) is 50.0 Å². The molecule has 0 N–H and O–H groups in total. The standard InChI is InChI=1S/C19H28FNO4/c1-19(2,3)25-18(22)21-9-5-6-15(13-21)14-7-8-16(20)17(12-14)24-11-10-23-4/h7-8,12,15H,5-6,9-11,13H2,1-4H3. The molecule has 1 aromatic rings. The van der Waals surface area contributed by atoms with E-state index in [1.54, 1.807) is 24.1 Å². The summed E-state index contributed by atoms with van der Waals surface area (Å²) in [5, 5.41) is 0. The van der Waals surface area contributed by atoms with Crippen molar-refractivity contribution in [2.24, 2.45) is 0 Å². The minimum absolute atomic E-state index is 0.145. The van der Waals surface area contributed by atoms with Crippen molar-refractivity contribution in [2.75, 3.05) is 33.4 Å². The molecule has 1 amide bonds. The van der Waals surface area contributed by atoms with E-state index in [1.807, 2.05) is 20.8 Å². The van der Waals surface area contributed by atoms with Gasteiger partial charge in [-0.2, -0.15) is 0 Å². The molecule has 0 radical (unpaired) electrons. The van der Waals surface area contributed by atoms with Crippen LogP contribution in [0, 0.1) is 5.82 Å². The van der Waals surface area contributed by atoms with Gasteiger partial charge >= 0.3 is 6.09 Å². The van der Waals surface area contributed by atoms with Crippen LogP contribution in [0.15, 0.2) is 18.2 Å². The molecule has 0 aromatic heterocycles. The van der Waals surface area contributed by atoms with Crippen LogP contribution in [0.4, 0.5) is 9.18 Å². The van der Waals surface area contributed by atoms with Crippen LogP contribution in [-0.2, 0) is 9.47 Å². The van der Waals surface area contributed by atoms with Crippen LogP contribution in [0.2, 0.25) is 0 Å². The molecule has 6 heteroatoms. The van der Waals surface area contributed by atoms with Gasteiger partial charge in [0.1, 0.15) is 12.2 Å². The number of halogens is 1. The average molecular weight is 353 g/mol. The Balaban J connectivity index is 2.05. The Labute approximate surface area is 149 Å². The molecule has 0 saturated carbocycles. The van der Waals surface area contributed by atoms with Gasteiger partial charge in [-0.05, 0) is 51.3 Å². The summed E-state index contributed by atoms with van der Waals surface area (Å²) in [4.78, 5) is 14.0.